The van der Waals surface area contributed by atoms with Gasteiger partial charge in [0.1, 0.15) is 24.9 Å². The molecule has 0 bridgehead atoms. The van der Waals surface area contributed by atoms with Gasteiger partial charge in [-0.15, -0.1) is 0 Å². The van der Waals surface area contributed by atoms with Crippen LogP contribution in [0.2, 0.25) is 0 Å². The van der Waals surface area contributed by atoms with E-state index in [0.29, 0.717) is 12.8 Å². The highest BCUT2D eigenvalue weighted by atomic mass is 16.7. The molecule has 0 saturated carbocycles. The van der Waals surface area contributed by atoms with Crippen molar-refractivity contribution in [1.29, 1.82) is 0 Å². The van der Waals surface area contributed by atoms with Crippen LogP contribution in [-0.4, -0.2) is 64.6 Å². The van der Waals surface area contributed by atoms with Crippen LogP contribution in [0.25, 0.3) is 0 Å². The van der Waals surface area contributed by atoms with Gasteiger partial charge in [0.15, 0.2) is 12.4 Å². The maximum Gasteiger partial charge on any atom is 0.306 e. The molecule has 0 aliphatic carbocycles. The van der Waals surface area contributed by atoms with Gasteiger partial charge in [0.2, 0.25) is 0 Å². The molecule has 1 aliphatic heterocycles. The zero-order chi connectivity index (χ0) is 16.7. The van der Waals surface area contributed by atoms with Crippen LogP contribution in [0, 0.1) is 0 Å². The van der Waals surface area contributed by atoms with Crippen molar-refractivity contribution in [2.75, 3.05) is 6.61 Å². The van der Waals surface area contributed by atoms with Gasteiger partial charge in [0, 0.05) is 12.8 Å². The number of carbonyl (C=O) groups is 2. The summed E-state index contributed by atoms with van der Waals surface area (Å²) in [6.07, 6.45) is -5.52. The van der Waals surface area contributed by atoms with Crippen molar-refractivity contribution in [2.24, 2.45) is 0 Å². The lowest BCUT2D eigenvalue weighted by atomic mass is 9.99. The Labute approximate surface area is 129 Å². The maximum atomic E-state index is 11.5. The Bertz CT molecular complexity index is 372. The van der Waals surface area contributed by atoms with E-state index < -0.39 is 42.6 Å². The molecule has 22 heavy (non-hydrogen) atoms. The number of hydrogen-bond acceptors (Lipinski definition) is 8. The summed E-state index contributed by atoms with van der Waals surface area (Å²) in [6.45, 7) is 3.30. The fourth-order valence-corrected chi connectivity index (χ4v) is 2.06. The van der Waals surface area contributed by atoms with Gasteiger partial charge in [-0.25, -0.2) is 0 Å². The lowest BCUT2D eigenvalue weighted by molar-refractivity contribution is -0.290. The number of esters is 2. The average Bonchev–Trinajstić information content (AvgIpc) is 2.46. The Morgan fingerprint density at radius 2 is 1.59 bits per heavy atom. The second-order valence-corrected chi connectivity index (χ2v) is 5.18. The molecule has 0 aromatic carbocycles. The second-order valence-electron chi connectivity index (χ2n) is 5.18. The molecule has 1 saturated heterocycles. The van der Waals surface area contributed by atoms with Gasteiger partial charge in [0.05, 0.1) is 0 Å². The Kier molecular flexibility index (Phi) is 7.74. The van der Waals surface area contributed by atoms with Crippen molar-refractivity contribution < 1.29 is 39.1 Å². The van der Waals surface area contributed by atoms with E-state index in [1.165, 1.54) is 0 Å². The van der Waals surface area contributed by atoms with Gasteiger partial charge in [-0.2, -0.15) is 0 Å². The van der Waals surface area contributed by atoms with E-state index in [2.05, 4.69) is 0 Å². The first-order valence-electron chi connectivity index (χ1n) is 7.45. The third kappa shape index (κ3) is 5.20. The number of ether oxygens (including phenoxy) is 3. The van der Waals surface area contributed by atoms with Crippen LogP contribution in [0.5, 0.6) is 0 Å². The topological polar surface area (TPSA) is 123 Å². The molecule has 5 atom stereocenters. The molecule has 0 amide bonds. The van der Waals surface area contributed by atoms with Crippen molar-refractivity contribution >= 4 is 11.9 Å². The smallest absolute Gasteiger partial charge is 0.306 e. The minimum absolute atomic E-state index is 0.128. The van der Waals surface area contributed by atoms with E-state index in [1.807, 2.05) is 6.92 Å². The van der Waals surface area contributed by atoms with Gasteiger partial charge in [-0.05, 0) is 12.8 Å². The first-order valence-corrected chi connectivity index (χ1v) is 7.45. The number of aliphatic hydroxyl groups excluding tert-OH is 3. The minimum Gasteiger partial charge on any atom is -0.463 e. The van der Waals surface area contributed by atoms with Gasteiger partial charge < -0.3 is 29.5 Å². The maximum absolute atomic E-state index is 11.5. The standard InChI is InChI=1S/C14H24O8/c1-3-5-9(15)20-7-8-11(17)13(12(18)14(19)21-8)22-10(16)6-4-2/h8,11-14,17-19H,3-7H2,1-2H3/t8-,11-,12-,13+,14-/m1/s1. The Morgan fingerprint density at radius 3 is 2.18 bits per heavy atom. The summed E-state index contributed by atoms with van der Waals surface area (Å²) in [7, 11) is 0. The van der Waals surface area contributed by atoms with Gasteiger partial charge in [0.25, 0.3) is 0 Å². The Morgan fingerprint density at radius 1 is 1.00 bits per heavy atom. The van der Waals surface area contributed by atoms with Crippen molar-refractivity contribution in [3.05, 3.63) is 0 Å². The fraction of sp³-hybridized carbons (Fsp3) is 0.857. The lowest BCUT2D eigenvalue weighted by Gasteiger charge is -2.39. The van der Waals surface area contributed by atoms with E-state index in [9.17, 15) is 24.9 Å². The van der Waals surface area contributed by atoms with Crippen LogP contribution in [0.3, 0.4) is 0 Å². The van der Waals surface area contributed by atoms with Crippen molar-refractivity contribution in [3.8, 4) is 0 Å². The first kappa shape index (κ1) is 18.8. The highest BCUT2D eigenvalue weighted by Gasteiger charge is 2.46. The van der Waals surface area contributed by atoms with Gasteiger partial charge in [-0.3, -0.25) is 9.59 Å². The summed E-state index contributed by atoms with van der Waals surface area (Å²) in [5, 5.41) is 29.5. The van der Waals surface area contributed by atoms with Crippen LogP contribution in [-0.2, 0) is 23.8 Å². The van der Waals surface area contributed by atoms with Crippen LogP contribution in [0.1, 0.15) is 39.5 Å². The third-order valence-electron chi connectivity index (χ3n) is 3.24. The van der Waals surface area contributed by atoms with E-state index >= 15 is 0 Å². The van der Waals surface area contributed by atoms with Crippen molar-refractivity contribution in [2.45, 2.75) is 70.2 Å². The molecule has 1 rings (SSSR count). The van der Waals surface area contributed by atoms with Crippen molar-refractivity contribution in [1.82, 2.24) is 0 Å². The highest BCUT2D eigenvalue weighted by Crippen LogP contribution is 2.23. The number of hydrogen-bond donors (Lipinski definition) is 3. The quantitative estimate of drug-likeness (QED) is 0.536. The van der Waals surface area contributed by atoms with E-state index in [-0.39, 0.29) is 19.4 Å². The average molecular weight is 320 g/mol. The molecule has 0 radical (unpaired) electrons. The molecular formula is C14H24O8. The third-order valence-corrected chi connectivity index (χ3v) is 3.24. The molecule has 0 aromatic rings. The summed E-state index contributed by atoms with van der Waals surface area (Å²) in [4.78, 5) is 22.8. The number of aliphatic hydroxyl groups is 3. The molecule has 1 heterocycles. The number of rotatable bonds is 7. The zero-order valence-corrected chi connectivity index (χ0v) is 12.8. The minimum atomic E-state index is -1.64. The zero-order valence-electron chi connectivity index (χ0n) is 12.8. The van der Waals surface area contributed by atoms with E-state index in [1.54, 1.807) is 6.92 Å². The van der Waals surface area contributed by atoms with E-state index in [0.717, 1.165) is 0 Å². The monoisotopic (exact) mass is 320 g/mol. The summed E-state index contributed by atoms with van der Waals surface area (Å²) >= 11 is 0. The summed E-state index contributed by atoms with van der Waals surface area (Å²) in [5.74, 6) is -1.06. The molecule has 3 N–H and O–H groups in total. The van der Waals surface area contributed by atoms with Crippen LogP contribution in [0.15, 0.2) is 0 Å². The molecule has 8 nitrogen and oxygen atoms in total. The summed E-state index contributed by atoms with van der Waals surface area (Å²) in [6, 6.07) is 0. The van der Waals surface area contributed by atoms with E-state index in [4.69, 9.17) is 14.2 Å². The summed E-state index contributed by atoms with van der Waals surface area (Å²) < 4.78 is 14.9. The fourth-order valence-electron chi connectivity index (χ4n) is 2.06. The predicted octanol–water partition coefficient (Wildman–Crippen LogP) is -0.519. The SMILES string of the molecule is CCCC(=O)OC[C@H]1O[C@@H](O)[C@H](O)[C@@H](OC(=O)CCC)[C@@H]1O. The molecule has 1 fully saturated rings. The molecule has 0 unspecified atom stereocenters. The Balaban J connectivity index is 2.64. The summed E-state index contributed by atoms with van der Waals surface area (Å²) in [5.41, 5.74) is 0. The van der Waals surface area contributed by atoms with Crippen molar-refractivity contribution in [3.63, 3.8) is 0 Å². The first-order chi connectivity index (χ1) is 10.4. The lowest BCUT2D eigenvalue weighted by Crippen LogP contribution is -2.60. The molecule has 128 valence electrons. The normalized spacial score (nSPS) is 31.6. The Hall–Kier alpha value is -1.22. The molecular weight excluding hydrogens is 296 g/mol. The van der Waals surface area contributed by atoms with Crippen LogP contribution < -0.4 is 0 Å². The predicted molar refractivity (Wildman–Crippen MR) is 73.5 cm³/mol. The second kappa shape index (κ2) is 9.04. The molecule has 8 heteroatoms. The molecule has 0 aromatic heterocycles. The van der Waals surface area contributed by atoms with Gasteiger partial charge in [-0.1, -0.05) is 13.8 Å². The largest absolute Gasteiger partial charge is 0.463 e. The van der Waals surface area contributed by atoms with Crippen LogP contribution in [0.4, 0.5) is 0 Å². The molecule has 0 spiro atoms. The highest BCUT2D eigenvalue weighted by molar-refractivity contribution is 5.69. The van der Waals surface area contributed by atoms with Gasteiger partial charge >= 0.3 is 11.9 Å². The molecule has 1 aliphatic rings. The number of carbonyl (C=O) groups excluding carboxylic acids is 2. The van der Waals surface area contributed by atoms with Crippen LogP contribution >= 0.6 is 0 Å².